The number of benzene rings is 1. The van der Waals surface area contributed by atoms with Gasteiger partial charge in [-0.3, -0.25) is 0 Å². The van der Waals surface area contributed by atoms with Gasteiger partial charge in [0, 0.05) is 28.0 Å². The van der Waals surface area contributed by atoms with Gasteiger partial charge in [0.25, 0.3) is 0 Å². The summed E-state index contributed by atoms with van der Waals surface area (Å²) in [5.74, 6) is 0.495. The second-order valence-corrected chi connectivity index (χ2v) is 6.30. The van der Waals surface area contributed by atoms with Gasteiger partial charge in [-0.25, -0.2) is 4.98 Å². The van der Waals surface area contributed by atoms with Crippen LogP contribution in [0.15, 0.2) is 35.8 Å². The molecular weight excluding hydrogens is 276 g/mol. The molecule has 98 valence electrons. The molecule has 0 saturated carbocycles. The highest BCUT2D eigenvalue weighted by molar-refractivity contribution is 7.09. The molecule has 0 N–H and O–H groups in total. The van der Waals surface area contributed by atoms with Crippen LogP contribution in [0.4, 0.5) is 0 Å². The fourth-order valence-electron chi connectivity index (χ4n) is 2.13. The maximum Gasteiger partial charge on any atom is 0.0954 e. The fraction of sp³-hybridized carbons (Fsp3) is 0.267. The van der Waals surface area contributed by atoms with Crippen LogP contribution in [0.25, 0.3) is 10.9 Å². The minimum Gasteiger partial charge on any atom is -0.341 e. The van der Waals surface area contributed by atoms with Gasteiger partial charge in [-0.15, -0.1) is 11.3 Å². The van der Waals surface area contributed by atoms with E-state index in [0.29, 0.717) is 5.92 Å². The summed E-state index contributed by atoms with van der Waals surface area (Å²) in [6.45, 7) is 5.15. The molecule has 0 aliphatic carbocycles. The first-order valence-electron chi connectivity index (χ1n) is 6.32. The van der Waals surface area contributed by atoms with Gasteiger partial charge in [-0.2, -0.15) is 0 Å². The predicted octanol–water partition coefficient (Wildman–Crippen LogP) is 4.92. The first kappa shape index (κ1) is 12.7. The number of nitrogens with zero attached hydrogens (tertiary/aromatic N) is 2. The summed E-state index contributed by atoms with van der Waals surface area (Å²) in [5, 5.41) is 5.33. The number of halogens is 1. The van der Waals surface area contributed by atoms with Crippen molar-refractivity contribution in [1.82, 2.24) is 9.55 Å². The second-order valence-electron chi connectivity index (χ2n) is 4.98. The summed E-state index contributed by atoms with van der Waals surface area (Å²) in [7, 11) is 0. The topological polar surface area (TPSA) is 17.8 Å². The average molecular weight is 291 g/mol. The molecule has 3 aromatic rings. The van der Waals surface area contributed by atoms with Crippen LogP contribution in [0.1, 0.15) is 30.5 Å². The van der Waals surface area contributed by atoms with Crippen molar-refractivity contribution in [2.45, 2.75) is 26.3 Å². The molecule has 0 spiro atoms. The molecule has 2 heterocycles. The number of hydrogen-bond donors (Lipinski definition) is 0. The molecule has 2 nitrogen and oxygen atoms in total. The van der Waals surface area contributed by atoms with E-state index in [4.69, 9.17) is 11.6 Å². The lowest BCUT2D eigenvalue weighted by Gasteiger charge is -2.03. The van der Waals surface area contributed by atoms with Gasteiger partial charge < -0.3 is 4.57 Å². The smallest absolute Gasteiger partial charge is 0.0954 e. The third-order valence-electron chi connectivity index (χ3n) is 3.13. The third kappa shape index (κ3) is 2.53. The number of fused-ring (bicyclic) bond motifs is 1. The Bertz CT molecular complexity index is 712. The Labute approximate surface area is 121 Å². The standard InChI is InChI=1S/C15H15ClN2S/c1-10(2)15-17-13(9-19-15)8-18-6-5-11-3-4-12(16)7-14(11)18/h3-7,9-10H,8H2,1-2H3. The number of thiazole rings is 1. The summed E-state index contributed by atoms with van der Waals surface area (Å²) in [6.07, 6.45) is 2.09. The summed E-state index contributed by atoms with van der Waals surface area (Å²) in [4.78, 5) is 4.68. The van der Waals surface area contributed by atoms with E-state index in [1.54, 1.807) is 11.3 Å². The van der Waals surface area contributed by atoms with Crippen LogP contribution in [0.5, 0.6) is 0 Å². The van der Waals surface area contributed by atoms with Crippen molar-refractivity contribution in [2.24, 2.45) is 0 Å². The molecule has 0 saturated heterocycles. The van der Waals surface area contributed by atoms with Crippen molar-refractivity contribution >= 4 is 33.8 Å². The van der Waals surface area contributed by atoms with E-state index in [1.807, 2.05) is 12.1 Å². The molecule has 0 fully saturated rings. The van der Waals surface area contributed by atoms with E-state index in [-0.39, 0.29) is 0 Å². The van der Waals surface area contributed by atoms with Crippen molar-refractivity contribution in [1.29, 1.82) is 0 Å². The van der Waals surface area contributed by atoms with E-state index in [1.165, 1.54) is 10.4 Å². The lowest BCUT2D eigenvalue weighted by Crippen LogP contribution is -1.98. The van der Waals surface area contributed by atoms with Gasteiger partial charge in [0.1, 0.15) is 0 Å². The number of hydrogen-bond acceptors (Lipinski definition) is 2. The van der Waals surface area contributed by atoms with Crippen molar-refractivity contribution in [3.63, 3.8) is 0 Å². The molecule has 0 unspecified atom stereocenters. The Morgan fingerprint density at radius 3 is 2.89 bits per heavy atom. The number of aromatic nitrogens is 2. The van der Waals surface area contributed by atoms with Gasteiger partial charge in [0.05, 0.1) is 17.2 Å². The summed E-state index contributed by atoms with van der Waals surface area (Å²) in [5.41, 5.74) is 2.28. The SMILES string of the molecule is CC(C)c1nc(Cn2ccc3ccc(Cl)cc32)cs1. The third-order valence-corrected chi connectivity index (χ3v) is 4.56. The highest BCUT2D eigenvalue weighted by Gasteiger charge is 2.08. The highest BCUT2D eigenvalue weighted by Crippen LogP contribution is 2.23. The molecule has 4 heteroatoms. The lowest BCUT2D eigenvalue weighted by atomic mass is 10.2. The molecule has 19 heavy (non-hydrogen) atoms. The van der Waals surface area contributed by atoms with Crippen LogP contribution in [0.3, 0.4) is 0 Å². The van der Waals surface area contributed by atoms with Gasteiger partial charge in [-0.05, 0) is 23.6 Å². The second kappa shape index (κ2) is 4.99. The highest BCUT2D eigenvalue weighted by atomic mass is 35.5. The van der Waals surface area contributed by atoms with E-state index >= 15 is 0 Å². The molecule has 0 aliphatic heterocycles. The Kier molecular flexibility index (Phi) is 3.33. The molecule has 3 rings (SSSR count). The summed E-state index contributed by atoms with van der Waals surface area (Å²) >= 11 is 7.81. The van der Waals surface area contributed by atoms with Crippen molar-refractivity contribution in [2.75, 3.05) is 0 Å². The van der Waals surface area contributed by atoms with Crippen LogP contribution in [0, 0.1) is 0 Å². The van der Waals surface area contributed by atoms with Crippen molar-refractivity contribution in [3.05, 3.63) is 51.6 Å². The molecule has 0 radical (unpaired) electrons. The largest absolute Gasteiger partial charge is 0.341 e. The zero-order valence-corrected chi connectivity index (χ0v) is 12.5. The molecule has 0 aliphatic rings. The molecule has 0 amide bonds. The normalized spacial score (nSPS) is 11.6. The van der Waals surface area contributed by atoms with E-state index in [0.717, 1.165) is 22.8 Å². The van der Waals surface area contributed by atoms with Crippen LogP contribution >= 0.6 is 22.9 Å². The lowest BCUT2D eigenvalue weighted by molar-refractivity contribution is 0.787. The fourth-order valence-corrected chi connectivity index (χ4v) is 3.12. The van der Waals surface area contributed by atoms with Crippen LogP contribution in [0.2, 0.25) is 5.02 Å². The molecular formula is C15H15ClN2S. The predicted molar refractivity (Wildman–Crippen MR) is 82.3 cm³/mol. The average Bonchev–Trinajstić information content (AvgIpc) is 2.98. The van der Waals surface area contributed by atoms with Gasteiger partial charge >= 0.3 is 0 Å². The van der Waals surface area contributed by atoms with E-state index < -0.39 is 0 Å². The summed E-state index contributed by atoms with van der Waals surface area (Å²) < 4.78 is 2.19. The van der Waals surface area contributed by atoms with E-state index in [9.17, 15) is 0 Å². The maximum atomic E-state index is 6.07. The summed E-state index contributed by atoms with van der Waals surface area (Å²) in [6, 6.07) is 8.09. The minimum absolute atomic E-state index is 0.495. The van der Waals surface area contributed by atoms with Crippen LogP contribution < -0.4 is 0 Å². The van der Waals surface area contributed by atoms with Crippen molar-refractivity contribution in [3.8, 4) is 0 Å². The molecule has 0 atom stereocenters. The van der Waals surface area contributed by atoms with Gasteiger partial charge in [-0.1, -0.05) is 31.5 Å². The van der Waals surface area contributed by atoms with Gasteiger partial charge in [0.15, 0.2) is 0 Å². The zero-order valence-electron chi connectivity index (χ0n) is 10.9. The first-order chi connectivity index (χ1) is 9.13. The van der Waals surface area contributed by atoms with Crippen LogP contribution in [-0.4, -0.2) is 9.55 Å². The Hall–Kier alpha value is -1.32. The maximum absolute atomic E-state index is 6.07. The molecule has 2 aromatic heterocycles. The van der Waals surface area contributed by atoms with Crippen LogP contribution in [-0.2, 0) is 6.54 Å². The van der Waals surface area contributed by atoms with Gasteiger partial charge in [0.2, 0.25) is 0 Å². The van der Waals surface area contributed by atoms with Crippen molar-refractivity contribution < 1.29 is 0 Å². The molecule has 0 bridgehead atoms. The molecule has 1 aromatic carbocycles. The zero-order chi connectivity index (χ0) is 13.4. The number of rotatable bonds is 3. The Morgan fingerprint density at radius 2 is 2.16 bits per heavy atom. The van der Waals surface area contributed by atoms with E-state index in [2.05, 4.69) is 47.1 Å². The first-order valence-corrected chi connectivity index (χ1v) is 7.58. The monoisotopic (exact) mass is 290 g/mol. The quantitative estimate of drug-likeness (QED) is 0.669. The Morgan fingerprint density at radius 1 is 1.32 bits per heavy atom. The minimum atomic E-state index is 0.495. The Balaban J connectivity index is 1.94.